The second-order valence-electron chi connectivity index (χ2n) is 6.72. The number of hydrazine groups is 1. The van der Waals surface area contributed by atoms with Crippen molar-refractivity contribution < 1.29 is 19.1 Å². The molecule has 158 valence electrons. The van der Waals surface area contributed by atoms with Crippen molar-refractivity contribution in [3.63, 3.8) is 0 Å². The molecule has 0 bridgehead atoms. The minimum Gasteiger partial charge on any atom is -0.490 e. The zero-order valence-corrected chi connectivity index (χ0v) is 18.8. The number of carbonyl (C=O) groups excluding carboxylic acids is 2. The van der Waals surface area contributed by atoms with Crippen LogP contribution in [0.15, 0.2) is 47.6 Å². The fourth-order valence-electron chi connectivity index (χ4n) is 2.87. The van der Waals surface area contributed by atoms with E-state index in [0.29, 0.717) is 35.7 Å². The molecule has 1 heterocycles. The lowest BCUT2D eigenvalue weighted by atomic mass is 10.1. The number of nitrogens with one attached hydrogen (secondary N) is 3. The summed E-state index contributed by atoms with van der Waals surface area (Å²) in [5.41, 5.74) is 9.61. The molecular formula is C21H23IN4O4. The Kier molecular flexibility index (Phi) is 7.77. The van der Waals surface area contributed by atoms with Crippen LogP contribution in [0.5, 0.6) is 11.5 Å². The molecule has 1 amide bonds. The van der Waals surface area contributed by atoms with Crippen LogP contribution in [0.3, 0.4) is 0 Å². The van der Waals surface area contributed by atoms with Crippen molar-refractivity contribution in [2.75, 3.05) is 6.61 Å². The molecule has 2 aromatic rings. The molecule has 1 aliphatic rings. The zero-order chi connectivity index (χ0) is 21.5. The topological polar surface area (TPSA) is 101 Å². The van der Waals surface area contributed by atoms with Gasteiger partial charge in [0.05, 0.1) is 18.4 Å². The zero-order valence-electron chi connectivity index (χ0n) is 16.6. The highest BCUT2D eigenvalue weighted by atomic mass is 127. The SMILES string of the molecule is CCOc1cc(/C=N/NC(=O)C2CC(C)NN2)ccc1OC(=O)c1ccccc1I. The number of amides is 1. The molecule has 2 atom stereocenters. The van der Waals surface area contributed by atoms with Gasteiger partial charge in [0.25, 0.3) is 5.91 Å². The molecule has 3 rings (SSSR count). The summed E-state index contributed by atoms with van der Waals surface area (Å²) in [6.07, 6.45) is 2.20. The molecular weight excluding hydrogens is 499 g/mol. The van der Waals surface area contributed by atoms with E-state index < -0.39 is 5.97 Å². The number of benzene rings is 2. The van der Waals surface area contributed by atoms with Gasteiger partial charge in [0.1, 0.15) is 6.04 Å². The van der Waals surface area contributed by atoms with Crippen molar-refractivity contribution in [1.82, 2.24) is 16.3 Å². The number of hydrogen-bond acceptors (Lipinski definition) is 7. The average Bonchev–Trinajstić information content (AvgIpc) is 3.16. The maximum Gasteiger partial charge on any atom is 0.344 e. The van der Waals surface area contributed by atoms with E-state index in [2.05, 4.69) is 44.0 Å². The Morgan fingerprint density at radius 3 is 2.73 bits per heavy atom. The van der Waals surface area contributed by atoms with Crippen LogP contribution >= 0.6 is 22.6 Å². The fourth-order valence-corrected chi connectivity index (χ4v) is 3.48. The van der Waals surface area contributed by atoms with Gasteiger partial charge in [0.15, 0.2) is 11.5 Å². The molecule has 0 saturated carbocycles. The minimum atomic E-state index is -0.457. The molecule has 0 aliphatic carbocycles. The number of rotatable bonds is 7. The van der Waals surface area contributed by atoms with Crippen LogP contribution in [-0.2, 0) is 4.79 Å². The third kappa shape index (κ3) is 5.77. The summed E-state index contributed by atoms with van der Waals surface area (Å²) in [7, 11) is 0. The number of hydrogen-bond donors (Lipinski definition) is 3. The lowest BCUT2D eigenvalue weighted by Crippen LogP contribution is -2.41. The molecule has 0 radical (unpaired) electrons. The third-order valence-electron chi connectivity index (χ3n) is 4.36. The van der Waals surface area contributed by atoms with E-state index in [-0.39, 0.29) is 18.0 Å². The summed E-state index contributed by atoms with van der Waals surface area (Å²) < 4.78 is 12.0. The Morgan fingerprint density at radius 1 is 1.23 bits per heavy atom. The third-order valence-corrected chi connectivity index (χ3v) is 5.30. The number of nitrogens with zero attached hydrogens (tertiary/aromatic N) is 1. The quantitative estimate of drug-likeness (QED) is 0.170. The standard InChI is InChI=1S/C21H23IN4O4/c1-3-29-19-11-14(12-23-26-20(27)17-10-13(2)24-25-17)8-9-18(19)30-21(28)15-6-4-5-7-16(15)22/h4-9,11-13,17,24-25H,3,10H2,1-2H3,(H,26,27)/b23-12+. The van der Waals surface area contributed by atoms with Crippen LogP contribution in [0.1, 0.15) is 36.2 Å². The van der Waals surface area contributed by atoms with Gasteiger partial charge in [-0.05, 0) is 78.8 Å². The first-order chi connectivity index (χ1) is 14.5. The molecule has 2 aromatic carbocycles. The summed E-state index contributed by atoms with van der Waals surface area (Å²) in [5.74, 6) is 0.0677. The van der Waals surface area contributed by atoms with Crippen LogP contribution < -0.4 is 25.8 Å². The highest BCUT2D eigenvalue weighted by Crippen LogP contribution is 2.29. The Bertz CT molecular complexity index is 950. The van der Waals surface area contributed by atoms with Gasteiger partial charge in [-0.25, -0.2) is 15.6 Å². The number of esters is 1. The van der Waals surface area contributed by atoms with E-state index >= 15 is 0 Å². The molecule has 0 spiro atoms. The molecule has 8 nitrogen and oxygen atoms in total. The highest BCUT2D eigenvalue weighted by Gasteiger charge is 2.26. The smallest absolute Gasteiger partial charge is 0.344 e. The van der Waals surface area contributed by atoms with Crippen molar-refractivity contribution >= 4 is 40.7 Å². The first-order valence-electron chi connectivity index (χ1n) is 9.55. The van der Waals surface area contributed by atoms with Gasteiger partial charge in [-0.2, -0.15) is 5.10 Å². The number of halogens is 1. The summed E-state index contributed by atoms with van der Waals surface area (Å²) >= 11 is 2.09. The predicted molar refractivity (Wildman–Crippen MR) is 122 cm³/mol. The Morgan fingerprint density at radius 2 is 2.03 bits per heavy atom. The molecule has 0 aromatic heterocycles. The number of hydrazone groups is 1. The molecule has 2 unspecified atom stereocenters. The van der Waals surface area contributed by atoms with Gasteiger partial charge in [-0.1, -0.05) is 12.1 Å². The van der Waals surface area contributed by atoms with E-state index in [1.54, 1.807) is 30.3 Å². The van der Waals surface area contributed by atoms with Gasteiger partial charge < -0.3 is 9.47 Å². The summed E-state index contributed by atoms with van der Waals surface area (Å²) in [6.45, 7) is 4.24. The lowest BCUT2D eigenvalue weighted by molar-refractivity contribution is -0.122. The normalized spacial score (nSPS) is 18.4. The molecule has 1 fully saturated rings. The predicted octanol–water partition coefficient (Wildman–Crippen LogP) is 2.61. The Labute approximate surface area is 188 Å². The molecule has 3 N–H and O–H groups in total. The number of ether oxygens (including phenoxy) is 2. The average molecular weight is 522 g/mol. The Hall–Kier alpha value is -2.50. The van der Waals surface area contributed by atoms with Crippen molar-refractivity contribution in [3.8, 4) is 11.5 Å². The van der Waals surface area contributed by atoms with Crippen molar-refractivity contribution in [2.45, 2.75) is 32.4 Å². The summed E-state index contributed by atoms with van der Waals surface area (Å²) in [5, 5.41) is 4.01. The fraction of sp³-hybridized carbons (Fsp3) is 0.286. The van der Waals surface area contributed by atoms with E-state index in [1.165, 1.54) is 6.21 Å². The largest absolute Gasteiger partial charge is 0.490 e. The van der Waals surface area contributed by atoms with Crippen LogP contribution in [-0.4, -0.2) is 36.8 Å². The van der Waals surface area contributed by atoms with Crippen LogP contribution in [0.4, 0.5) is 0 Å². The monoisotopic (exact) mass is 522 g/mol. The van der Waals surface area contributed by atoms with E-state index in [1.807, 2.05) is 26.0 Å². The second-order valence-corrected chi connectivity index (χ2v) is 7.88. The minimum absolute atomic E-state index is 0.212. The molecule has 1 saturated heterocycles. The summed E-state index contributed by atoms with van der Waals surface area (Å²) in [4.78, 5) is 24.6. The molecule has 30 heavy (non-hydrogen) atoms. The van der Waals surface area contributed by atoms with Crippen LogP contribution in [0, 0.1) is 3.57 Å². The van der Waals surface area contributed by atoms with Gasteiger partial charge in [-0.3, -0.25) is 10.2 Å². The highest BCUT2D eigenvalue weighted by molar-refractivity contribution is 14.1. The van der Waals surface area contributed by atoms with Crippen molar-refractivity contribution in [2.24, 2.45) is 5.10 Å². The Balaban J connectivity index is 1.68. The van der Waals surface area contributed by atoms with E-state index in [9.17, 15) is 9.59 Å². The summed E-state index contributed by atoms with van der Waals surface area (Å²) in [6, 6.07) is 12.2. The first-order valence-corrected chi connectivity index (χ1v) is 10.6. The van der Waals surface area contributed by atoms with Gasteiger partial charge in [-0.15, -0.1) is 0 Å². The molecule has 1 aliphatic heterocycles. The second kappa shape index (κ2) is 10.5. The van der Waals surface area contributed by atoms with Gasteiger partial charge in [0, 0.05) is 9.61 Å². The van der Waals surface area contributed by atoms with Gasteiger partial charge >= 0.3 is 5.97 Å². The first kappa shape index (κ1) is 22.2. The van der Waals surface area contributed by atoms with E-state index in [0.717, 1.165) is 3.57 Å². The van der Waals surface area contributed by atoms with E-state index in [4.69, 9.17) is 9.47 Å². The maximum atomic E-state index is 12.5. The van der Waals surface area contributed by atoms with Crippen LogP contribution in [0.25, 0.3) is 0 Å². The lowest BCUT2D eigenvalue weighted by Gasteiger charge is -2.12. The van der Waals surface area contributed by atoms with Crippen molar-refractivity contribution in [1.29, 1.82) is 0 Å². The number of carbonyl (C=O) groups is 2. The maximum absolute atomic E-state index is 12.5. The molecule has 9 heteroatoms. The van der Waals surface area contributed by atoms with Gasteiger partial charge in [0.2, 0.25) is 0 Å². The van der Waals surface area contributed by atoms with Crippen LogP contribution in [0.2, 0.25) is 0 Å². The van der Waals surface area contributed by atoms with Crippen molar-refractivity contribution in [3.05, 3.63) is 57.2 Å².